The summed E-state index contributed by atoms with van der Waals surface area (Å²) < 4.78 is 5.09. The van der Waals surface area contributed by atoms with Gasteiger partial charge in [-0.15, -0.1) is 0 Å². The van der Waals surface area contributed by atoms with Crippen LogP contribution >= 0.6 is 23.2 Å². The average Bonchev–Trinajstić information content (AvgIpc) is 2.55. The quantitative estimate of drug-likeness (QED) is 0.814. The highest BCUT2D eigenvalue weighted by Gasteiger charge is 2.26. The van der Waals surface area contributed by atoms with Gasteiger partial charge >= 0.3 is 0 Å². The summed E-state index contributed by atoms with van der Waals surface area (Å²) in [5.41, 5.74) is 0.351. The lowest BCUT2D eigenvalue weighted by Gasteiger charge is -2.35. The van der Waals surface area contributed by atoms with Crippen molar-refractivity contribution < 1.29 is 14.3 Å². The van der Waals surface area contributed by atoms with Crippen LogP contribution in [-0.4, -0.2) is 54.9 Å². The van der Waals surface area contributed by atoms with Gasteiger partial charge in [-0.3, -0.25) is 9.59 Å². The minimum atomic E-state index is -0.180. The van der Waals surface area contributed by atoms with E-state index >= 15 is 0 Å². The Hall–Kier alpha value is -1.46. The van der Waals surface area contributed by atoms with Gasteiger partial charge in [0.1, 0.15) is 5.75 Å². The first-order valence-electron chi connectivity index (χ1n) is 7.93. The van der Waals surface area contributed by atoms with Crippen molar-refractivity contribution >= 4 is 35.0 Å². The van der Waals surface area contributed by atoms with Crippen molar-refractivity contribution in [2.24, 2.45) is 5.92 Å². The molecule has 0 unspecified atom stereocenters. The fourth-order valence-corrected chi connectivity index (χ4v) is 3.13. The Balaban J connectivity index is 2.03. The van der Waals surface area contributed by atoms with Crippen molar-refractivity contribution in [3.8, 4) is 5.75 Å². The van der Waals surface area contributed by atoms with Gasteiger partial charge in [0, 0.05) is 38.7 Å². The number of methoxy groups -OCH3 is 1. The highest BCUT2D eigenvalue weighted by Crippen LogP contribution is 2.31. The van der Waals surface area contributed by atoms with Crippen molar-refractivity contribution in [2.45, 2.75) is 20.3 Å². The Morgan fingerprint density at radius 3 is 2.21 bits per heavy atom. The molecule has 7 heteroatoms. The summed E-state index contributed by atoms with van der Waals surface area (Å²) in [4.78, 5) is 28.3. The monoisotopic (exact) mass is 372 g/mol. The van der Waals surface area contributed by atoms with Crippen LogP contribution in [0.25, 0.3) is 0 Å². The van der Waals surface area contributed by atoms with Gasteiger partial charge in [-0.1, -0.05) is 37.0 Å². The molecule has 1 aromatic rings. The average molecular weight is 373 g/mol. The number of benzene rings is 1. The number of rotatable bonds is 4. The molecule has 0 radical (unpaired) electrons. The second kappa shape index (κ2) is 8.08. The molecule has 0 atom stereocenters. The Bertz CT molecular complexity index is 627. The molecule has 24 heavy (non-hydrogen) atoms. The van der Waals surface area contributed by atoms with Crippen LogP contribution in [0.1, 0.15) is 30.6 Å². The van der Waals surface area contributed by atoms with E-state index in [1.165, 1.54) is 13.2 Å². The Labute approximate surface area is 152 Å². The molecule has 1 saturated heterocycles. The van der Waals surface area contributed by atoms with Crippen LogP contribution in [0, 0.1) is 5.92 Å². The van der Waals surface area contributed by atoms with Gasteiger partial charge in [-0.2, -0.15) is 0 Å². The third kappa shape index (κ3) is 4.33. The standard InChI is InChI=1S/C17H22Cl2N2O3/c1-11(2)8-16(22)20-4-6-21(7-5-20)17(23)12-9-14(19)15(24-3)10-13(12)18/h9-11H,4-8H2,1-3H3. The molecule has 132 valence electrons. The number of piperazine rings is 1. The van der Waals surface area contributed by atoms with Crippen LogP contribution in [0.3, 0.4) is 0 Å². The number of ether oxygens (including phenoxy) is 1. The summed E-state index contributed by atoms with van der Waals surface area (Å²) in [6.07, 6.45) is 0.536. The Morgan fingerprint density at radius 1 is 1.08 bits per heavy atom. The minimum Gasteiger partial charge on any atom is -0.495 e. The van der Waals surface area contributed by atoms with Gasteiger partial charge in [0.2, 0.25) is 5.91 Å². The predicted octanol–water partition coefficient (Wildman–Crippen LogP) is 3.33. The van der Waals surface area contributed by atoms with E-state index in [9.17, 15) is 9.59 Å². The topological polar surface area (TPSA) is 49.9 Å². The van der Waals surface area contributed by atoms with Crippen molar-refractivity contribution in [1.82, 2.24) is 9.80 Å². The van der Waals surface area contributed by atoms with E-state index < -0.39 is 0 Å². The van der Waals surface area contributed by atoms with E-state index in [1.54, 1.807) is 11.0 Å². The molecule has 1 aliphatic rings. The molecule has 2 amide bonds. The molecule has 0 bridgehead atoms. The molecule has 5 nitrogen and oxygen atoms in total. The fraction of sp³-hybridized carbons (Fsp3) is 0.529. The van der Waals surface area contributed by atoms with E-state index in [0.29, 0.717) is 59.9 Å². The van der Waals surface area contributed by atoms with Crippen molar-refractivity contribution in [2.75, 3.05) is 33.3 Å². The largest absolute Gasteiger partial charge is 0.495 e. The molecule has 1 aliphatic heterocycles. The van der Waals surface area contributed by atoms with Crippen LogP contribution in [-0.2, 0) is 4.79 Å². The molecule has 2 rings (SSSR count). The molecule has 1 aromatic carbocycles. The number of amides is 2. The van der Waals surface area contributed by atoms with Crippen LogP contribution in [0.2, 0.25) is 10.0 Å². The van der Waals surface area contributed by atoms with Crippen LogP contribution < -0.4 is 4.74 Å². The van der Waals surface area contributed by atoms with Crippen LogP contribution in [0.15, 0.2) is 12.1 Å². The third-order valence-corrected chi connectivity index (χ3v) is 4.58. The lowest BCUT2D eigenvalue weighted by Crippen LogP contribution is -2.50. The van der Waals surface area contributed by atoms with Crippen molar-refractivity contribution in [1.29, 1.82) is 0 Å². The number of halogens is 2. The summed E-state index contributed by atoms with van der Waals surface area (Å²) in [7, 11) is 1.49. The maximum absolute atomic E-state index is 12.7. The SMILES string of the molecule is COc1cc(Cl)c(C(=O)N2CCN(C(=O)CC(C)C)CC2)cc1Cl. The van der Waals surface area contributed by atoms with Gasteiger partial charge in [0.05, 0.1) is 22.7 Å². The maximum Gasteiger partial charge on any atom is 0.255 e. The normalized spacial score (nSPS) is 14.9. The van der Waals surface area contributed by atoms with Gasteiger partial charge in [0.25, 0.3) is 5.91 Å². The molecule has 0 N–H and O–H groups in total. The molecule has 1 heterocycles. The summed E-state index contributed by atoms with van der Waals surface area (Å²) in [5, 5.41) is 0.649. The molecule has 0 aliphatic carbocycles. The molecule has 1 fully saturated rings. The maximum atomic E-state index is 12.7. The van der Waals surface area contributed by atoms with E-state index in [2.05, 4.69) is 0 Å². The van der Waals surface area contributed by atoms with E-state index in [1.807, 2.05) is 18.7 Å². The smallest absolute Gasteiger partial charge is 0.255 e. The van der Waals surface area contributed by atoms with Crippen LogP contribution in [0.5, 0.6) is 5.75 Å². The molecule has 0 saturated carbocycles. The van der Waals surface area contributed by atoms with Crippen molar-refractivity contribution in [3.63, 3.8) is 0 Å². The number of nitrogens with zero attached hydrogens (tertiary/aromatic N) is 2. The first-order valence-corrected chi connectivity index (χ1v) is 8.69. The summed E-state index contributed by atoms with van der Waals surface area (Å²) >= 11 is 12.3. The Morgan fingerprint density at radius 2 is 1.67 bits per heavy atom. The summed E-state index contributed by atoms with van der Waals surface area (Å²) in [6.45, 7) is 6.10. The first kappa shape index (κ1) is 18.9. The number of carbonyl (C=O) groups excluding carboxylic acids is 2. The summed E-state index contributed by atoms with van der Waals surface area (Å²) in [5.74, 6) is 0.725. The third-order valence-electron chi connectivity index (χ3n) is 3.97. The second-order valence-corrected chi connectivity index (χ2v) is 7.05. The summed E-state index contributed by atoms with van der Waals surface area (Å²) in [6, 6.07) is 3.07. The zero-order valence-electron chi connectivity index (χ0n) is 14.1. The van der Waals surface area contributed by atoms with Gasteiger partial charge in [-0.25, -0.2) is 0 Å². The zero-order valence-corrected chi connectivity index (χ0v) is 15.7. The molecule has 0 spiro atoms. The van der Waals surface area contributed by atoms with Gasteiger partial charge < -0.3 is 14.5 Å². The van der Waals surface area contributed by atoms with Gasteiger partial charge in [-0.05, 0) is 12.0 Å². The second-order valence-electron chi connectivity index (χ2n) is 6.24. The van der Waals surface area contributed by atoms with Gasteiger partial charge in [0.15, 0.2) is 0 Å². The molecule has 0 aromatic heterocycles. The number of hydrogen-bond acceptors (Lipinski definition) is 3. The number of hydrogen-bond donors (Lipinski definition) is 0. The predicted molar refractivity (Wildman–Crippen MR) is 95.0 cm³/mol. The lowest BCUT2D eigenvalue weighted by atomic mass is 10.1. The highest BCUT2D eigenvalue weighted by molar-refractivity contribution is 6.36. The highest BCUT2D eigenvalue weighted by atomic mass is 35.5. The molecular weight excluding hydrogens is 351 g/mol. The van der Waals surface area contributed by atoms with E-state index in [0.717, 1.165) is 0 Å². The minimum absolute atomic E-state index is 0.141. The van der Waals surface area contributed by atoms with E-state index in [-0.39, 0.29) is 11.8 Å². The van der Waals surface area contributed by atoms with Crippen molar-refractivity contribution in [3.05, 3.63) is 27.7 Å². The van der Waals surface area contributed by atoms with Crippen LogP contribution in [0.4, 0.5) is 0 Å². The molecular formula is C17H22Cl2N2O3. The fourth-order valence-electron chi connectivity index (χ4n) is 2.66. The lowest BCUT2D eigenvalue weighted by molar-refractivity contribution is -0.133. The van der Waals surface area contributed by atoms with E-state index in [4.69, 9.17) is 27.9 Å². The first-order chi connectivity index (χ1) is 11.3. The Kier molecular flexibility index (Phi) is 6.35. The number of carbonyl (C=O) groups is 2. The zero-order chi connectivity index (χ0) is 17.9.